The molecule has 1 heterocycles. The van der Waals surface area contributed by atoms with Gasteiger partial charge in [0.1, 0.15) is 0 Å². The number of aliphatic hydroxyl groups is 1. The highest BCUT2D eigenvalue weighted by atomic mass is 16.5. The summed E-state index contributed by atoms with van der Waals surface area (Å²) >= 11 is 0. The lowest BCUT2D eigenvalue weighted by molar-refractivity contribution is -0.156. The van der Waals surface area contributed by atoms with Gasteiger partial charge in [-0.3, -0.25) is 9.59 Å². The van der Waals surface area contributed by atoms with E-state index in [0.717, 1.165) is 0 Å². The lowest BCUT2D eigenvalue weighted by Gasteiger charge is -2.30. The number of fused-ring (bicyclic) bond motifs is 1. The molecule has 1 aromatic rings. The van der Waals surface area contributed by atoms with Crippen molar-refractivity contribution < 1.29 is 19.4 Å². The fourth-order valence-electron chi connectivity index (χ4n) is 2.18. The number of carbonyl (C=O) groups is 2. The van der Waals surface area contributed by atoms with Gasteiger partial charge in [-0.25, -0.2) is 0 Å². The van der Waals surface area contributed by atoms with Crippen LogP contribution in [0.1, 0.15) is 29.3 Å². The molecule has 0 bridgehead atoms. The molecule has 5 nitrogen and oxygen atoms in total. The molecule has 0 saturated carbocycles. The molecule has 0 saturated heterocycles. The first-order valence-corrected chi connectivity index (χ1v) is 5.76. The van der Waals surface area contributed by atoms with Gasteiger partial charge in [0.25, 0.3) is 5.91 Å². The lowest BCUT2D eigenvalue weighted by atomic mass is 9.98. The summed E-state index contributed by atoms with van der Waals surface area (Å²) in [5, 5.41) is 10.6. The molecule has 2 rings (SSSR count). The van der Waals surface area contributed by atoms with Crippen LogP contribution in [0, 0.1) is 0 Å². The molecule has 0 spiro atoms. The van der Waals surface area contributed by atoms with Crippen LogP contribution in [0.2, 0.25) is 0 Å². The molecule has 0 aliphatic carbocycles. The summed E-state index contributed by atoms with van der Waals surface area (Å²) in [7, 11) is 1.47. The van der Waals surface area contributed by atoms with Crippen molar-refractivity contribution in [3.63, 3.8) is 0 Å². The van der Waals surface area contributed by atoms with E-state index < -0.39 is 11.7 Å². The smallest absolute Gasteiger partial charge is 0.311 e. The Hall–Kier alpha value is -1.88. The number of hydrogen-bond acceptors (Lipinski definition) is 4. The van der Waals surface area contributed by atoms with Gasteiger partial charge in [0.2, 0.25) is 0 Å². The maximum atomic E-state index is 12.0. The van der Waals surface area contributed by atoms with E-state index in [4.69, 9.17) is 4.74 Å². The molecule has 18 heavy (non-hydrogen) atoms. The highest BCUT2D eigenvalue weighted by Crippen LogP contribution is 2.38. The molecule has 0 aromatic heterocycles. The molecule has 1 aliphatic heterocycles. The average Bonchev–Trinajstić information content (AvgIpc) is 2.53. The third-order valence-electron chi connectivity index (χ3n) is 3.14. The summed E-state index contributed by atoms with van der Waals surface area (Å²) < 4.78 is 4.83. The topological polar surface area (TPSA) is 66.8 Å². The zero-order valence-electron chi connectivity index (χ0n) is 10.3. The van der Waals surface area contributed by atoms with Crippen molar-refractivity contribution in [2.45, 2.75) is 19.1 Å². The Balaban J connectivity index is 2.38. The number of benzene rings is 1. The number of hydrogen-bond donors (Lipinski definition) is 1. The molecule has 1 unspecified atom stereocenters. The van der Waals surface area contributed by atoms with E-state index in [0.29, 0.717) is 11.1 Å². The molecule has 5 heteroatoms. The van der Waals surface area contributed by atoms with Crippen LogP contribution in [0.15, 0.2) is 24.3 Å². The van der Waals surface area contributed by atoms with Crippen molar-refractivity contribution in [2.75, 3.05) is 13.7 Å². The Morgan fingerprint density at radius 3 is 2.78 bits per heavy atom. The first kappa shape index (κ1) is 12.6. The standard InChI is InChI=1S/C13H15NO4/c1-3-18-11(15)8-13(17)10-7-5-4-6-9(10)12(16)14(13)2/h4-7,17H,3,8H2,1-2H3. The van der Waals surface area contributed by atoms with Gasteiger partial charge in [0.15, 0.2) is 5.72 Å². The van der Waals surface area contributed by atoms with Crippen LogP contribution >= 0.6 is 0 Å². The van der Waals surface area contributed by atoms with Crippen LogP contribution in [0.25, 0.3) is 0 Å². The molecule has 0 radical (unpaired) electrons. The summed E-state index contributed by atoms with van der Waals surface area (Å²) in [4.78, 5) is 24.7. The second-order valence-electron chi connectivity index (χ2n) is 4.21. The second-order valence-corrected chi connectivity index (χ2v) is 4.21. The van der Waals surface area contributed by atoms with Crippen molar-refractivity contribution in [3.8, 4) is 0 Å². The third kappa shape index (κ3) is 1.76. The van der Waals surface area contributed by atoms with Crippen LogP contribution in [-0.4, -0.2) is 35.5 Å². The molecule has 1 amide bonds. The van der Waals surface area contributed by atoms with Gasteiger partial charge in [-0.05, 0) is 13.0 Å². The zero-order valence-corrected chi connectivity index (χ0v) is 10.3. The van der Waals surface area contributed by atoms with Gasteiger partial charge in [-0.2, -0.15) is 0 Å². The van der Waals surface area contributed by atoms with E-state index in [9.17, 15) is 14.7 Å². The maximum Gasteiger partial charge on any atom is 0.311 e. The Bertz CT molecular complexity index is 500. The molecule has 0 fully saturated rings. The summed E-state index contributed by atoms with van der Waals surface area (Å²) in [5.74, 6) is -0.825. The van der Waals surface area contributed by atoms with Crippen LogP contribution in [0.5, 0.6) is 0 Å². The van der Waals surface area contributed by atoms with E-state index >= 15 is 0 Å². The van der Waals surface area contributed by atoms with Gasteiger partial charge in [-0.1, -0.05) is 18.2 Å². The largest absolute Gasteiger partial charge is 0.466 e. The van der Waals surface area contributed by atoms with Crippen molar-refractivity contribution in [1.82, 2.24) is 4.90 Å². The third-order valence-corrected chi connectivity index (χ3v) is 3.14. The van der Waals surface area contributed by atoms with Gasteiger partial charge >= 0.3 is 5.97 Å². The molecule has 1 aromatic carbocycles. The number of carbonyl (C=O) groups excluding carboxylic acids is 2. The summed E-state index contributed by atoms with van der Waals surface area (Å²) in [5.41, 5.74) is -0.739. The minimum atomic E-state index is -1.61. The van der Waals surface area contributed by atoms with Gasteiger partial charge in [0.05, 0.1) is 13.0 Å². The van der Waals surface area contributed by atoms with Crippen molar-refractivity contribution in [1.29, 1.82) is 0 Å². The molecule has 1 aliphatic rings. The minimum Gasteiger partial charge on any atom is -0.466 e. The van der Waals surface area contributed by atoms with Gasteiger partial charge in [0, 0.05) is 18.2 Å². The van der Waals surface area contributed by atoms with E-state index in [1.165, 1.54) is 11.9 Å². The number of esters is 1. The number of nitrogens with zero attached hydrogens (tertiary/aromatic N) is 1. The number of rotatable bonds is 3. The highest BCUT2D eigenvalue weighted by molar-refractivity contribution is 6.00. The molecule has 1 atom stereocenters. The monoisotopic (exact) mass is 249 g/mol. The maximum absolute atomic E-state index is 12.0. The van der Waals surface area contributed by atoms with Crippen LogP contribution in [-0.2, 0) is 15.3 Å². The summed E-state index contributed by atoms with van der Waals surface area (Å²) in [6, 6.07) is 6.73. The number of ether oxygens (including phenoxy) is 1. The van der Waals surface area contributed by atoms with E-state index in [2.05, 4.69) is 0 Å². The Morgan fingerprint density at radius 2 is 2.11 bits per heavy atom. The summed E-state index contributed by atoms with van der Waals surface area (Å²) in [6.07, 6.45) is -0.264. The predicted molar refractivity (Wildman–Crippen MR) is 63.7 cm³/mol. The van der Waals surface area contributed by atoms with E-state index in [-0.39, 0.29) is 18.9 Å². The first-order chi connectivity index (χ1) is 8.50. The highest BCUT2D eigenvalue weighted by Gasteiger charge is 2.47. The predicted octanol–water partition coefficient (Wildman–Crippen LogP) is 0.871. The Kier molecular flexibility index (Phi) is 3.09. The SMILES string of the molecule is CCOC(=O)CC1(O)c2ccccc2C(=O)N1C. The summed E-state index contributed by atoms with van der Waals surface area (Å²) in [6.45, 7) is 1.94. The van der Waals surface area contributed by atoms with Crippen LogP contribution in [0.3, 0.4) is 0 Å². The normalized spacial score (nSPS) is 21.9. The van der Waals surface area contributed by atoms with Crippen LogP contribution in [0.4, 0.5) is 0 Å². The molecule has 96 valence electrons. The second kappa shape index (κ2) is 4.42. The van der Waals surface area contributed by atoms with Crippen molar-refractivity contribution >= 4 is 11.9 Å². The quantitative estimate of drug-likeness (QED) is 0.807. The number of amides is 1. The lowest BCUT2D eigenvalue weighted by Crippen LogP contribution is -2.42. The fraction of sp³-hybridized carbons (Fsp3) is 0.385. The zero-order chi connectivity index (χ0) is 13.3. The Labute approximate surface area is 105 Å². The first-order valence-electron chi connectivity index (χ1n) is 5.76. The average molecular weight is 249 g/mol. The molecular formula is C13H15NO4. The van der Waals surface area contributed by atoms with Gasteiger partial charge in [-0.15, -0.1) is 0 Å². The van der Waals surface area contributed by atoms with Crippen molar-refractivity contribution in [3.05, 3.63) is 35.4 Å². The van der Waals surface area contributed by atoms with E-state index in [1.807, 2.05) is 0 Å². The van der Waals surface area contributed by atoms with Gasteiger partial charge < -0.3 is 14.7 Å². The van der Waals surface area contributed by atoms with E-state index in [1.54, 1.807) is 31.2 Å². The fourth-order valence-corrected chi connectivity index (χ4v) is 2.18. The van der Waals surface area contributed by atoms with Crippen LogP contribution < -0.4 is 0 Å². The molecular weight excluding hydrogens is 234 g/mol. The Morgan fingerprint density at radius 1 is 1.44 bits per heavy atom. The molecule has 1 N–H and O–H groups in total. The van der Waals surface area contributed by atoms with Crippen molar-refractivity contribution in [2.24, 2.45) is 0 Å². The minimum absolute atomic E-state index is 0.244.